The summed E-state index contributed by atoms with van der Waals surface area (Å²) in [6, 6.07) is 16.0. The molecule has 0 aliphatic heterocycles. The zero-order valence-electron chi connectivity index (χ0n) is 14.6. The van der Waals surface area contributed by atoms with Gasteiger partial charge in [-0.2, -0.15) is 5.10 Å². The van der Waals surface area contributed by atoms with Crippen molar-refractivity contribution in [2.75, 3.05) is 5.43 Å². The summed E-state index contributed by atoms with van der Waals surface area (Å²) in [6.45, 7) is 0. The van der Waals surface area contributed by atoms with Crippen molar-refractivity contribution in [3.05, 3.63) is 78.2 Å². The Bertz CT molecular complexity index is 1300. The number of fused-ring (bicyclic) bond motifs is 2. The Labute approximate surface area is 164 Å². The van der Waals surface area contributed by atoms with Crippen LogP contribution in [0.3, 0.4) is 0 Å². The van der Waals surface area contributed by atoms with Gasteiger partial charge in [0.15, 0.2) is 5.82 Å². The van der Waals surface area contributed by atoms with Crippen LogP contribution in [0.1, 0.15) is 5.56 Å². The van der Waals surface area contributed by atoms with E-state index in [9.17, 15) is 0 Å². The molecule has 28 heavy (non-hydrogen) atoms. The average molecular weight is 382 g/mol. The minimum Gasteiger partial charge on any atom is -0.261 e. The summed E-state index contributed by atoms with van der Waals surface area (Å²) >= 11 is 1.60. The minimum atomic E-state index is 0.682. The van der Waals surface area contributed by atoms with Crippen molar-refractivity contribution < 1.29 is 0 Å². The summed E-state index contributed by atoms with van der Waals surface area (Å²) < 4.78 is 0. The molecule has 2 aromatic carbocycles. The first-order chi connectivity index (χ1) is 13.9. The average Bonchev–Trinajstić information content (AvgIpc) is 3.19. The number of thiophene rings is 1. The van der Waals surface area contributed by atoms with Crippen LogP contribution in [0.4, 0.5) is 5.82 Å². The molecule has 134 valence electrons. The Hall–Kier alpha value is -3.71. The van der Waals surface area contributed by atoms with E-state index in [1.165, 1.54) is 0 Å². The zero-order valence-corrected chi connectivity index (χ0v) is 15.5. The van der Waals surface area contributed by atoms with Gasteiger partial charge < -0.3 is 0 Å². The van der Waals surface area contributed by atoms with Crippen LogP contribution in [0.2, 0.25) is 0 Å². The van der Waals surface area contributed by atoms with Gasteiger partial charge in [0.2, 0.25) is 0 Å². The van der Waals surface area contributed by atoms with Crippen LogP contribution < -0.4 is 5.43 Å². The molecule has 6 nitrogen and oxygen atoms in total. The summed E-state index contributed by atoms with van der Waals surface area (Å²) in [5, 5.41) is 7.45. The van der Waals surface area contributed by atoms with Crippen molar-refractivity contribution in [2.45, 2.75) is 0 Å². The number of hydrogen-bond donors (Lipinski definition) is 1. The van der Waals surface area contributed by atoms with Gasteiger partial charge in [0.25, 0.3) is 0 Å². The number of anilines is 1. The maximum atomic E-state index is 4.39. The number of rotatable bonds is 4. The van der Waals surface area contributed by atoms with Crippen LogP contribution >= 0.6 is 11.3 Å². The predicted octanol–water partition coefficient (Wildman–Crippen LogP) is 4.75. The molecule has 0 radical (unpaired) electrons. The SMILES string of the molecule is C(=NNc1ncnc2scc(-c3ccccc3)c12)c1ccc2nccnc2c1. The van der Waals surface area contributed by atoms with E-state index in [0.717, 1.165) is 37.9 Å². The third-order valence-corrected chi connectivity index (χ3v) is 5.22. The molecule has 0 fully saturated rings. The first-order valence-corrected chi connectivity index (χ1v) is 9.54. The quantitative estimate of drug-likeness (QED) is 0.359. The Morgan fingerprint density at radius 3 is 2.64 bits per heavy atom. The summed E-state index contributed by atoms with van der Waals surface area (Å²) in [5.41, 5.74) is 7.92. The van der Waals surface area contributed by atoms with Gasteiger partial charge in [0, 0.05) is 23.3 Å². The van der Waals surface area contributed by atoms with Gasteiger partial charge in [-0.1, -0.05) is 36.4 Å². The smallest absolute Gasteiger partial charge is 0.159 e. The summed E-state index contributed by atoms with van der Waals surface area (Å²) in [4.78, 5) is 18.3. The first-order valence-electron chi connectivity index (χ1n) is 8.66. The summed E-state index contributed by atoms with van der Waals surface area (Å²) in [6.07, 6.45) is 6.66. The molecular weight excluding hydrogens is 368 g/mol. The van der Waals surface area contributed by atoms with Gasteiger partial charge >= 0.3 is 0 Å². The molecule has 0 aliphatic carbocycles. The van der Waals surface area contributed by atoms with Crippen molar-refractivity contribution in [1.29, 1.82) is 0 Å². The fraction of sp³-hybridized carbons (Fsp3) is 0. The molecule has 0 atom stereocenters. The van der Waals surface area contributed by atoms with Crippen molar-refractivity contribution in [2.24, 2.45) is 5.10 Å². The van der Waals surface area contributed by atoms with E-state index in [0.29, 0.717) is 5.82 Å². The number of nitrogens with zero attached hydrogens (tertiary/aromatic N) is 5. The van der Waals surface area contributed by atoms with Gasteiger partial charge in [-0.15, -0.1) is 11.3 Å². The largest absolute Gasteiger partial charge is 0.261 e. The molecule has 0 unspecified atom stereocenters. The van der Waals surface area contributed by atoms with Gasteiger partial charge in [0.1, 0.15) is 11.2 Å². The molecule has 0 aliphatic rings. The van der Waals surface area contributed by atoms with E-state index in [-0.39, 0.29) is 0 Å². The monoisotopic (exact) mass is 382 g/mol. The van der Waals surface area contributed by atoms with E-state index >= 15 is 0 Å². The molecule has 0 saturated heterocycles. The van der Waals surface area contributed by atoms with Gasteiger partial charge in [-0.25, -0.2) is 9.97 Å². The Morgan fingerprint density at radius 2 is 1.75 bits per heavy atom. The zero-order chi connectivity index (χ0) is 18.8. The lowest BCUT2D eigenvalue weighted by molar-refractivity contribution is 1.19. The lowest BCUT2D eigenvalue weighted by Gasteiger charge is -2.04. The molecule has 5 aromatic rings. The molecule has 0 amide bonds. The standard InChI is InChI=1S/C21H14N6S/c1-2-4-15(5-3-1)16-12-28-21-19(16)20(24-13-25-21)27-26-11-14-6-7-17-18(10-14)23-9-8-22-17/h1-13H,(H,24,25,27). The maximum Gasteiger partial charge on any atom is 0.159 e. The molecule has 0 bridgehead atoms. The van der Waals surface area contributed by atoms with E-state index in [1.54, 1.807) is 36.3 Å². The Morgan fingerprint density at radius 1 is 0.893 bits per heavy atom. The fourth-order valence-electron chi connectivity index (χ4n) is 3.02. The summed E-state index contributed by atoms with van der Waals surface area (Å²) in [7, 11) is 0. The fourth-order valence-corrected chi connectivity index (χ4v) is 3.93. The predicted molar refractivity (Wildman–Crippen MR) is 114 cm³/mol. The number of benzene rings is 2. The number of nitrogens with one attached hydrogen (secondary N) is 1. The van der Waals surface area contributed by atoms with Crippen LogP contribution in [0.15, 0.2) is 77.7 Å². The maximum absolute atomic E-state index is 4.39. The van der Waals surface area contributed by atoms with Crippen LogP contribution in [-0.2, 0) is 0 Å². The molecule has 7 heteroatoms. The molecule has 0 saturated carbocycles. The third kappa shape index (κ3) is 3.08. The van der Waals surface area contributed by atoms with E-state index in [1.807, 2.05) is 36.4 Å². The normalized spacial score (nSPS) is 11.4. The van der Waals surface area contributed by atoms with Gasteiger partial charge in [-0.3, -0.25) is 15.4 Å². The van der Waals surface area contributed by atoms with Crippen molar-refractivity contribution in [1.82, 2.24) is 19.9 Å². The number of aromatic nitrogens is 4. The Balaban J connectivity index is 1.48. The Kier molecular flexibility index (Phi) is 4.19. The van der Waals surface area contributed by atoms with Crippen LogP contribution in [0.25, 0.3) is 32.4 Å². The topological polar surface area (TPSA) is 76.0 Å². The highest BCUT2D eigenvalue weighted by atomic mass is 32.1. The summed E-state index contributed by atoms with van der Waals surface area (Å²) in [5.74, 6) is 0.682. The third-order valence-electron chi connectivity index (χ3n) is 4.33. The van der Waals surface area contributed by atoms with Crippen molar-refractivity contribution in [3.8, 4) is 11.1 Å². The van der Waals surface area contributed by atoms with Crippen LogP contribution in [0.5, 0.6) is 0 Å². The van der Waals surface area contributed by atoms with E-state index in [4.69, 9.17) is 0 Å². The molecule has 5 rings (SSSR count). The molecular formula is C21H14N6S. The lowest BCUT2D eigenvalue weighted by atomic mass is 10.1. The first kappa shape index (κ1) is 16.5. The highest BCUT2D eigenvalue weighted by Crippen LogP contribution is 2.36. The van der Waals surface area contributed by atoms with E-state index in [2.05, 4.69) is 48.0 Å². The second kappa shape index (κ2) is 7.13. The molecule has 0 spiro atoms. The number of hydrazone groups is 1. The second-order valence-electron chi connectivity index (χ2n) is 6.09. The van der Waals surface area contributed by atoms with Crippen molar-refractivity contribution in [3.63, 3.8) is 0 Å². The van der Waals surface area contributed by atoms with E-state index < -0.39 is 0 Å². The van der Waals surface area contributed by atoms with Gasteiger partial charge in [-0.05, 0) is 23.3 Å². The minimum absolute atomic E-state index is 0.682. The van der Waals surface area contributed by atoms with Crippen molar-refractivity contribution >= 4 is 44.6 Å². The highest BCUT2D eigenvalue weighted by molar-refractivity contribution is 7.17. The highest BCUT2D eigenvalue weighted by Gasteiger charge is 2.12. The number of hydrogen-bond acceptors (Lipinski definition) is 7. The second-order valence-corrected chi connectivity index (χ2v) is 6.95. The van der Waals surface area contributed by atoms with Gasteiger partial charge in [0.05, 0.1) is 22.6 Å². The van der Waals surface area contributed by atoms with Crippen LogP contribution in [0, 0.1) is 0 Å². The molecule has 3 aromatic heterocycles. The molecule has 1 N–H and O–H groups in total. The lowest BCUT2D eigenvalue weighted by Crippen LogP contribution is -1.96. The van der Waals surface area contributed by atoms with Crippen LogP contribution in [-0.4, -0.2) is 26.2 Å². The molecule has 3 heterocycles.